The minimum atomic E-state index is -0.148. The van der Waals surface area contributed by atoms with Crippen LogP contribution in [0.3, 0.4) is 0 Å². The molecular formula is C13H17NO4. The smallest absolute Gasteiger partial charge is 0.255 e. The van der Waals surface area contributed by atoms with E-state index in [0.29, 0.717) is 30.3 Å². The van der Waals surface area contributed by atoms with Crippen molar-refractivity contribution in [1.82, 2.24) is 5.32 Å². The summed E-state index contributed by atoms with van der Waals surface area (Å²) in [5.74, 6) is 1.02. The highest BCUT2D eigenvalue weighted by atomic mass is 16.5. The summed E-state index contributed by atoms with van der Waals surface area (Å²) in [5.41, 5.74) is 0.505. The van der Waals surface area contributed by atoms with Crippen molar-refractivity contribution in [2.24, 2.45) is 0 Å². The molecule has 0 radical (unpaired) electrons. The van der Waals surface area contributed by atoms with Gasteiger partial charge in [0.1, 0.15) is 11.5 Å². The highest BCUT2D eigenvalue weighted by molar-refractivity contribution is 5.97. The van der Waals surface area contributed by atoms with E-state index in [9.17, 15) is 4.79 Å². The van der Waals surface area contributed by atoms with Crippen LogP contribution in [0.15, 0.2) is 18.2 Å². The number of carbonyl (C=O) groups excluding carboxylic acids is 1. The average Bonchev–Trinajstić information content (AvgIpc) is 2.90. The van der Waals surface area contributed by atoms with Gasteiger partial charge in [-0.25, -0.2) is 0 Å². The second-order valence-corrected chi connectivity index (χ2v) is 4.10. The summed E-state index contributed by atoms with van der Waals surface area (Å²) in [6, 6.07) is 5.22. The Hall–Kier alpha value is -1.75. The van der Waals surface area contributed by atoms with Gasteiger partial charge in [-0.15, -0.1) is 0 Å². The Balaban J connectivity index is 2.13. The standard InChI is InChI=1S/C13H17NO4/c1-16-10-3-4-11(12(7-10)17-2)13(15)14-9-5-6-18-8-9/h3-4,7,9H,5-6,8H2,1-2H3,(H,14,15)/t9-/m1/s1. The Morgan fingerprint density at radius 3 is 2.83 bits per heavy atom. The van der Waals surface area contributed by atoms with Crippen molar-refractivity contribution >= 4 is 5.91 Å². The van der Waals surface area contributed by atoms with Crippen LogP contribution in [0.25, 0.3) is 0 Å². The van der Waals surface area contributed by atoms with Crippen LogP contribution in [0.5, 0.6) is 11.5 Å². The second kappa shape index (κ2) is 5.73. The molecule has 0 aromatic heterocycles. The molecule has 1 aromatic rings. The highest BCUT2D eigenvalue weighted by Gasteiger charge is 2.20. The molecule has 2 rings (SSSR count). The summed E-state index contributed by atoms with van der Waals surface area (Å²) in [6.07, 6.45) is 0.851. The fourth-order valence-corrected chi connectivity index (χ4v) is 1.90. The SMILES string of the molecule is COc1ccc(C(=O)N[C@@H]2CCOC2)c(OC)c1. The first-order chi connectivity index (χ1) is 8.74. The lowest BCUT2D eigenvalue weighted by atomic mass is 10.1. The Bertz CT molecular complexity index is 427. The summed E-state index contributed by atoms with van der Waals surface area (Å²) >= 11 is 0. The van der Waals surface area contributed by atoms with Gasteiger partial charge in [0.15, 0.2) is 0 Å². The number of hydrogen-bond acceptors (Lipinski definition) is 4. The fraction of sp³-hybridized carbons (Fsp3) is 0.462. The number of benzene rings is 1. The van der Waals surface area contributed by atoms with Gasteiger partial charge >= 0.3 is 0 Å². The molecule has 1 atom stereocenters. The number of rotatable bonds is 4. The zero-order valence-electron chi connectivity index (χ0n) is 10.6. The van der Waals surface area contributed by atoms with Crippen LogP contribution in [0.2, 0.25) is 0 Å². The van der Waals surface area contributed by atoms with E-state index in [4.69, 9.17) is 14.2 Å². The van der Waals surface area contributed by atoms with Crippen molar-refractivity contribution in [2.45, 2.75) is 12.5 Å². The van der Waals surface area contributed by atoms with Gasteiger partial charge in [0, 0.05) is 12.7 Å². The molecule has 0 aliphatic carbocycles. The third-order valence-corrected chi connectivity index (χ3v) is 2.92. The molecule has 0 spiro atoms. The minimum absolute atomic E-state index is 0.0873. The largest absolute Gasteiger partial charge is 0.497 e. The van der Waals surface area contributed by atoms with Crippen LogP contribution in [0.4, 0.5) is 0 Å². The first kappa shape index (κ1) is 12.7. The lowest BCUT2D eigenvalue weighted by Gasteiger charge is -2.13. The Labute approximate surface area is 106 Å². The quantitative estimate of drug-likeness (QED) is 0.874. The molecule has 5 nitrogen and oxygen atoms in total. The summed E-state index contributed by atoms with van der Waals surface area (Å²) in [7, 11) is 3.11. The zero-order valence-corrected chi connectivity index (χ0v) is 10.6. The lowest BCUT2D eigenvalue weighted by molar-refractivity contribution is 0.0927. The first-order valence-corrected chi connectivity index (χ1v) is 5.85. The van der Waals surface area contributed by atoms with Crippen LogP contribution in [-0.2, 0) is 4.74 Å². The average molecular weight is 251 g/mol. The topological polar surface area (TPSA) is 56.8 Å². The van der Waals surface area contributed by atoms with Crippen LogP contribution in [0.1, 0.15) is 16.8 Å². The molecule has 98 valence electrons. The normalized spacial score (nSPS) is 18.4. The highest BCUT2D eigenvalue weighted by Crippen LogP contribution is 2.24. The van der Waals surface area contributed by atoms with Crippen molar-refractivity contribution in [1.29, 1.82) is 0 Å². The molecule has 0 bridgehead atoms. The van der Waals surface area contributed by atoms with E-state index >= 15 is 0 Å². The molecule has 1 saturated heterocycles. The van der Waals surface area contributed by atoms with Gasteiger partial charge in [-0.05, 0) is 18.6 Å². The van der Waals surface area contributed by atoms with Crippen LogP contribution in [0, 0.1) is 0 Å². The van der Waals surface area contributed by atoms with E-state index in [1.165, 1.54) is 7.11 Å². The molecule has 1 aromatic carbocycles. The minimum Gasteiger partial charge on any atom is -0.497 e. The predicted molar refractivity (Wildman–Crippen MR) is 66.2 cm³/mol. The fourth-order valence-electron chi connectivity index (χ4n) is 1.90. The number of ether oxygens (including phenoxy) is 3. The maximum absolute atomic E-state index is 12.1. The third kappa shape index (κ3) is 2.73. The van der Waals surface area contributed by atoms with Gasteiger partial charge in [0.2, 0.25) is 0 Å². The maximum atomic E-state index is 12.1. The van der Waals surface area contributed by atoms with E-state index in [0.717, 1.165) is 6.42 Å². The predicted octanol–water partition coefficient (Wildman–Crippen LogP) is 1.22. The molecule has 0 unspecified atom stereocenters. The second-order valence-electron chi connectivity index (χ2n) is 4.10. The molecule has 1 aliphatic heterocycles. The van der Waals surface area contributed by atoms with Crippen LogP contribution >= 0.6 is 0 Å². The number of methoxy groups -OCH3 is 2. The molecule has 1 N–H and O–H groups in total. The van der Waals surface area contributed by atoms with Crippen molar-refractivity contribution in [3.63, 3.8) is 0 Å². The van der Waals surface area contributed by atoms with E-state index in [2.05, 4.69) is 5.32 Å². The van der Waals surface area contributed by atoms with E-state index in [-0.39, 0.29) is 11.9 Å². The zero-order chi connectivity index (χ0) is 13.0. The summed E-state index contributed by atoms with van der Waals surface area (Å²) in [6.45, 7) is 1.27. The monoisotopic (exact) mass is 251 g/mol. The molecule has 1 heterocycles. The van der Waals surface area contributed by atoms with Crippen molar-refractivity contribution in [2.75, 3.05) is 27.4 Å². The Kier molecular flexibility index (Phi) is 4.04. The summed E-state index contributed by atoms with van der Waals surface area (Å²) < 4.78 is 15.5. The van der Waals surface area contributed by atoms with Crippen molar-refractivity contribution < 1.29 is 19.0 Å². The maximum Gasteiger partial charge on any atom is 0.255 e. The third-order valence-electron chi connectivity index (χ3n) is 2.92. The molecule has 1 fully saturated rings. The van der Waals surface area contributed by atoms with Gasteiger partial charge in [-0.3, -0.25) is 4.79 Å². The number of carbonyl (C=O) groups is 1. The van der Waals surface area contributed by atoms with Gasteiger partial charge in [-0.2, -0.15) is 0 Å². The van der Waals surface area contributed by atoms with Gasteiger partial charge in [0.05, 0.1) is 32.4 Å². The van der Waals surface area contributed by atoms with Gasteiger partial charge in [-0.1, -0.05) is 0 Å². The summed E-state index contributed by atoms with van der Waals surface area (Å²) in [5, 5.41) is 2.92. The van der Waals surface area contributed by atoms with Crippen molar-refractivity contribution in [3.05, 3.63) is 23.8 Å². The molecule has 1 aliphatic rings. The van der Waals surface area contributed by atoms with Gasteiger partial charge < -0.3 is 19.5 Å². The molecular weight excluding hydrogens is 234 g/mol. The van der Waals surface area contributed by atoms with Gasteiger partial charge in [0.25, 0.3) is 5.91 Å². The molecule has 5 heteroatoms. The number of hydrogen-bond donors (Lipinski definition) is 1. The van der Waals surface area contributed by atoms with Crippen LogP contribution < -0.4 is 14.8 Å². The van der Waals surface area contributed by atoms with Crippen LogP contribution in [-0.4, -0.2) is 39.4 Å². The Morgan fingerprint density at radius 2 is 2.22 bits per heavy atom. The molecule has 1 amide bonds. The lowest BCUT2D eigenvalue weighted by Crippen LogP contribution is -2.35. The van der Waals surface area contributed by atoms with E-state index < -0.39 is 0 Å². The van der Waals surface area contributed by atoms with E-state index in [1.807, 2.05) is 0 Å². The molecule has 18 heavy (non-hydrogen) atoms. The first-order valence-electron chi connectivity index (χ1n) is 5.85. The number of nitrogens with one attached hydrogen (secondary N) is 1. The number of amides is 1. The van der Waals surface area contributed by atoms with Crippen molar-refractivity contribution in [3.8, 4) is 11.5 Å². The van der Waals surface area contributed by atoms with E-state index in [1.54, 1.807) is 25.3 Å². The Morgan fingerprint density at radius 1 is 1.39 bits per heavy atom. The molecule has 0 saturated carbocycles. The summed E-state index contributed by atoms with van der Waals surface area (Å²) in [4.78, 5) is 12.1.